The minimum Gasteiger partial charge on any atom is -0.507 e. The quantitative estimate of drug-likeness (QED) is 0.454. The van der Waals surface area contributed by atoms with E-state index in [1.54, 1.807) is 29.1 Å². The summed E-state index contributed by atoms with van der Waals surface area (Å²) in [6, 6.07) is 17.8. The summed E-state index contributed by atoms with van der Waals surface area (Å²) in [4.78, 5) is 5.38. The van der Waals surface area contributed by atoms with Gasteiger partial charge in [0, 0.05) is 22.5 Å². The Labute approximate surface area is 171 Å². The molecule has 0 bridgehead atoms. The van der Waals surface area contributed by atoms with Gasteiger partial charge in [0.05, 0.1) is 11.9 Å². The monoisotopic (exact) mass is 405 g/mol. The molecule has 0 radical (unpaired) electrons. The van der Waals surface area contributed by atoms with Crippen LogP contribution in [0.25, 0.3) is 22.0 Å². The molecule has 4 nitrogen and oxygen atoms in total. The third-order valence-corrected chi connectivity index (χ3v) is 5.27. The summed E-state index contributed by atoms with van der Waals surface area (Å²) in [6.07, 6.45) is 1.65. The largest absolute Gasteiger partial charge is 0.507 e. The zero-order valence-corrected chi connectivity index (χ0v) is 16.9. The van der Waals surface area contributed by atoms with Crippen LogP contribution < -0.4 is 4.80 Å². The van der Waals surface area contributed by atoms with E-state index in [1.807, 2.05) is 49.6 Å². The summed E-state index contributed by atoms with van der Waals surface area (Å²) >= 11 is 1.47. The van der Waals surface area contributed by atoms with Crippen LogP contribution in [-0.2, 0) is 0 Å². The summed E-state index contributed by atoms with van der Waals surface area (Å²) in [7, 11) is 0. The van der Waals surface area contributed by atoms with E-state index in [4.69, 9.17) is 0 Å². The first-order valence-corrected chi connectivity index (χ1v) is 10.2. The molecule has 0 aliphatic heterocycles. The molecular weight excluding hydrogens is 385 g/mol. The van der Waals surface area contributed by atoms with Gasteiger partial charge in [-0.3, -0.25) is 4.99 Å². The van der Waals surface area contributed by atoms with E-state index in [0.717, 1.165) is 26.8 Å². The summed E-state index contributed by atoms with van der Waals surface area (Å²) < 4.78 is 15.1. The molecule has 0 spiro atoms. The number of aromatic nitrogens is 1. The van der Waals surface area contributed by atoms with E-state index in [0.29, 0.717) is 5.56 Å². The highest BCUT2D eigenvalue weighted by atomic mass is 32.1. The number of rotatable bonds is 4. The lowest BCUT2D eigenvalue weighted by Gasteiger charge is -2.07. The van der Waals surface area contributed by atoms with E-state index in [1.165, 1.54) is 23.5 Å². The van der Waals surface area contributed by atoms with Crippen LogP contribution in [0.4, 0.5) is 4.39 Å². The molecular formula is C23H20FN3OS. The fraction of sp³-hybridized carbons (Fsp3) is 0.130. The van der Waals surface area contributed by atoms with Gasteiger partial charge in [0.25, 0.3) is 0 Å². The Morgan fingerprint density at radius 2 is 1.79 bits per heavy atom. The Balaban J connectivity index is 1.88. The molecule has 1 N–H and O–H groups in total. The maximum absolute atomic E-state index is 13.4. The molecule has 0 aliphatic rings. The van der Waals surface area contributed by atoms with Gasteiger partial charge in [-0.15, -0.1) is 11.3 Å². The Bertz CT molecular complexity index is 1250. The van der Waals surface area contributed by atoms with Crippen LogP contribution in [0.15, 0.2) is 76.1 Å². The smallest absolute Gasteiger partial charge is 0.206 e. The fourth-order valence-electron chi connectivity index (χ4n) is 3.08. The zero-order chi connectivity index (χ0) is 20.4. The lowest BCUT2D eigenvalue weighted by Crippen LogP contribution is -2.14. The van der Waals surface area contributed by atoms with Gasteiger partial charge in [-0.25, -0.2) is 9.07 Å². The first-order valence-electron chi connectivity index (χ1n) is 9.28. The second-order valence-electron chi connectivity index (χ2n) is 6.91. The Morgan fingerprint density at radius 1 is 1.03 bits per heavy atom. The molecule has 4 aromatic rings. The molecule has 1 heterocycles. The molecule has 0 saturated carbocycles. The van der Waals surface area contributed by atoms with Crippen molar-refractivity contribution < 1.29 is 9.50 Å². The maximum Gasteiger partial charge on any atom is 0.206 e. The van der Waals surface area contributed by atoms with Crippen molar-refractivity contribution in [3.05, 3.63) is 82.2 Å². The molecule has 29 heavy (non-hydrogen) atoms. The summed E-state index contributed by atoms with van der Waals surface area (Å²) in [5, 5.41) is 18.9. The number of phenolic OH excluding ortho intramolecular Hbond substituents is 1. The van der Waals surface area contributed by atoms with Crippen molar-refractivity contribution >= 4 is 28.3 Å². The highest BCUT2D eigenvalue weighted by Crippen LogP contribution is 2.26. The van der Waals surface area contributed by atoms with Crippen LogP contribution >= 0.6 is 11.3 Å². The summed E-state index contributed by atoms with van der Waals surface area (Å²) in [5.74, 6) is -0.124. The number of nitrogens with zero attached hydrogens (tertiary/aromatic N) is 3. The molecule has 4 rings (SSSR count). The van der Waals surface area contributed by atoms with E-state index < -0.39 is 0 Å². The Hall–Kier alpha value is -3.25. The van der Waals surface area contributed by atoms with Crippen molar-refractivity contribution in [3.8, 4) is 17.0 Å². The van der Waals surface area contributed by atoms with E-state index in [2.05, 4.69) is 10.1 Å². The predicted molar refractivity (Wildman–Crippen MR) is 117 cm³/mol. The topological polar surface area (TPSA) is 49.9 Å². The van der Waals surface area contributed by atoms with Crippen molar-refractivity contribution in [3.63, 3.8) is 0 Å². The maximum atomic E-state index is 13.4. The number of hydrogen-bond acceptors (Lipinski definition) is 4. The number of hydrogen-bond donors (Lipinski definition) is 1. The highest BCUT2D eigenvalue weighted by Gasteiger charge is 2.10. The third-order valence-electron chi connectivity index (χ3n) is 4.44. The van der Waals surface area contributed by atoms with E-state index in [-0.39, 0.29) is 17.6 Å². The number of aromatic hydroxyl groups is 1. The third kappa shape index (κ3) is 3.98. The van der Waals surface area contributed by atoms with Crippen LogP contribution in [0.2, 0.25) is 0 Å². The van der Waals surface area contributed by atoms with Gasteiger partial charge < -0.3 is 5.11 Å². The molecule has 0 amide bonds. The summed E-state index contributed by atoms with van der Waals surface area (Å²) in [6.45, 7) is 4.00. The van der Waals surface area contributed by atoms with Gasteiger partial charge in [-0.2, -0.15) is 5.10 Å². The molecule has 6 heteroatoms. The number of halogens is 1. The van der Waals surface area contributed by atoms with Gasteiger partial charge in [-0.05, 0) is 55.0 Å². The van der Waals surface area contributed by atoms with Crippen LogP contribution in [0, 0.1) is 5.82 Å². The average Bonchev–Trinajstić information content (AvgIpc) is 3.09. The predicted octanol–water partition coefficient (Wildman–Crippen LogP) is 5.41. The second-order valence-corrected chi connectivity index (χ2v) is 7.75. The van der Waals surface area contributed by atoms with Crippen molar-refractivity contribution in [1.29, 1.82) is 0 Å². The number of thiazole rings is 1. The number of fused-ring (bicyclic) bond motifs is 1. The Kier molecular flexibility index (Phi) is 5.27. The van der Waals surface area contributed by atoms with Gasteiger partial charge in [0.2, 0.25) is 4.80 Å². The molecule has 0 aliphatic carbocycles. The van der Waals surface area contributed by atoms with Crippen LogP contribution in [0.5, 0.6) is 5.75 Å². The van der Waals surface area contributed by atoms with Crippen molar-refractivity contribution in [2.24, 2.45) is 10.1 Å². The molecule has 1 aromatic heterocycles. The van der Waals surface area contributed by atoms with Crippen molar-refractivity contribution in [1.82, 2.24) is 4.68 Å². The number of benzene rings is 3. The minimum atomic E-state index is -0.285. The van der Waals surface area contributed by atoms with Gasteiger partial charge in [-0.1, -0.05) is 30.3 Å². The normalized spacial score (nSPS) is 12.5. The zero-order valence-electron chi connectivity index (χ0n) is 16.1. The van der Waals surface area contributed by atoms with E-state index >= 15 is 0 Å². The molecule has 3 aromatic carbocycles. The second kappa shape index (κ2) is 8.01. The minimum absolute atomic E-state index is 0.0992. The first-order chi connectivity index (χ1) is 14.0. The first kappa shape index (κ1) is 19.1. The molecule has 0 unspecified atom stereocenters. The highest BCUT2D eigenvalue weighted by molar-refractivity contribution is 7.07. The average molecular weight is 405 g/mol. The molecule has 146 valence electrons. The summed E-state index contributed by atoms with van der Waals surface area (Å²) in [5.41, 5.74) is 2.29. The molecule has 0 saturated heterocycles. The van der Waals surface area contributed by atoms with Crippen LogP contribution in [0.1, 0.15) is 19.4 Å². The number of phenols is 1. The molecule has 0 atom stereocenters. The van der Waals surface area contributed by atoms with Crippen molar-refractivity contribution in [2.45, 2.75) is 19.9 Å². The van der Waals surface area contributed by atoms with Crippen molar-refractivity contribution in [2.75, 3.05) is 0 Å². The van der Waals surface area contributed by atoms with E-state index in [9.17, 15) is 9.50 Å². The van der Waals surface area contributed by atoms with Crippen LogP contribution in [-0.4, -0.2) is 22.0 Å². The van der Waals surface area contributed by atoms with Gasteiger partial charge >= 0.3 is 0 Å². The van der Waals surface area contributed by atoms with Gasteiger partial charge in [0.15, 0.2) is 0 Å². The standard InChI is InChI=1S/C23H20FN3OS/c1-15(2)26-23-27(21(14-29-23)17-7-10-18(24)11-8-17)25-13-20-19-6-4-3-5-16(19)9-12-22(20)28/h3-15,28H,1-2H3. The van der Waals surface area contributed by atoms with Crippen LogP contribution in [0.3, 0.4) is 0 Å². The lowest BCUT2D eigenvalue weighted by molar-refractivity contribution is 0.475. The van der Waals surface area contributed by atoms with Gasteiger partial charge in [0.1, 0.15) is 11.6 Å². The Morgan fingerprint density at radius 3 is 2.55 bits per heavy atom. The molecule has 0 fully saturated rings. The SMILES string of the molecule is CC(C)N=c1scc(-c2ccc(F)cc2)n1N=Cc1c(O)ccc2ccccc12. The lowest BCUT2D eigenvalue weighted by atomic mass is 10.0. The fourth-order valence-corrected chi connectivity index (χ4v) is 4.05.